The van der Waals surface area contributed by atoms with Crippen LogP contribution in [0.3, 0.4) is 0 Å². The molecule has 3 rings (SSSR count). The Hall–Kier alpha value is -1.92. The topological polar surface area (TPSA) is 88.3 Å². The first-order valence-corrected chi connectivity index (χ1v) is 6.99. The van der Waals surface area contributed by atoms with Crippen LogP contribution in [-0.4, -0.2) is 38.9 Å². The van der Waals surface area contributed by atoms with Gasteiger partial charge in [-0.1, -0.05) is 24.4 Å². The van der Waals surface area contributed by atoms with Crippen LogP contribution in [0.4, 0.5) is 0 Å². The number of rotatable bonds is 2. The van der Waals surface area contributed by atoms with Gasteiger partial charge in [0.2, 0.25) is 17.7 Å². The summed E-state index contributed by atoms with van der Waals surface area (Å²) >= 11 is 0. The van der Waals surface area contributed by atoms with Crippen molar-refractivity contribution in [1.82, 2.24) is 20.4 Å². The quantitative estimate of drug-likeness (QED) is 0.853. The maximum absolute atomic E-state index is 12.7. The number of hydrogen-bond acceptors (Lipinski definition) is 5. The Bertz CT molecular complexity index is 533. The zero-order valence-electron chi connectivity index (χ0n) is 11.5. The van der Waals surface area contributed by atoms with Gasteiger partial charge in [-0.2, -0.15) is 4.98 Å². The lowest BCUT2D eigenvalue weighted by molar-refractivity contribution is -0.152. The van der Waals surface area contributed by atoms with Crippen LogP contribution in [0.5, 0.6) is 0 Å². The smallest absolute Gasteiger partial charge is 0.249 e. The predicted octanol–water partition coefficient (Wildman–Crippen LogP) is 0.539. The van der Waals surface area contributed by atoms with E-state index in [0.717, 1.165) is 32.1 Å². The largest absolute Gasteiger partial charge is 0.340 e. The SMILES string of the molecule is Cc1nc(CN2CC(=O)NC3(CCCCC3)C2=O)no1. The van der Waals surface area contributed by atoms with Crippen LogP contribution in [0, 0.1) is 6.92 Å². The molecule has 7 nitrogen and oxygen atoms in total. The van der Waals surface area contributed by atoms with Crippen LogP contribution in [0.1, 0.15) is 43.8 Å². The first-order chi connectivity index (χ1) is 9.59. The molecule has 2 heterocycles. The standard InChI is InChI=1S/C13H18N4O3/c1-9-14-10(16-20-9)7-17-8-11(18)15-13(12(17)19)5-3-2-4-6-13/h2-8H2,1H3,(H,15,18). The van der Waals surface area contributed by atoms with E-state index in [1.165, 1.54) is 4.90 Å². The molecule has 1 aliphatic heterocycles. The number of carbonyl (C=O) groups excluding carboxylic acids is 2. The number of hydrogen-bond donors (Lipinski definition) is 1. The monoisotopic (exact) mass is 278 g/mol. The van der Waals surface area contributed by atoms with E-state index in [0.29, 0.717) is 11.7 Å². The second-order valence-electron chi connectivity index (χ2n) is 5.58. The summed E-state index contributed by atoms with van der Waals surface area (Å²) in [5.41, 5.74) is -0.702. The molecule has 1 N–H and O–H groups in total. The van der Waals surface area contributed by atoms with Gasteiger partial charge in [0.05, 0.1) is 6.54 Å². The number of carbonyl (C=O) groups is 2. The van der Waals surface area contributed by atoms with E-state index in [9.17, 15) is 9.59 Å². The predicted molar refractivity (Wildman–Crippen MR) is 68.4 cm³/mol. The highest BCUT2D eigenvalue weighted by atomic mass is 16.5. The second kappa shape index (κ2) is 4.88. The summed E-state index contributed by atoms with van der Waals surface area (Å²) in [4.78, 5) is 30.2. The van der Waals surface area contributed by atoms with E-state index in [1.807, 2.05) is 0 Å². The molecule has 2 aliphatic rings. The van der Waals surface area contributed by atoms with Crippen molar-refractivity contribution in [1.29, 1.82) is 0 Å². The molecule has 1 aromatic rings. The molecule has 2 amide bonds. The van der Waals surface area contributed by atoms with Gasteiger partial charge in [0, 0.05) is 6.92 Å². The number of nitrogens with one attached hydrogen (secondary N) is 1. The summed E-state index contributed by atoms with van der Waals surface area (Å²) in [6, 6.07) is 0. The van der Waals surface area contributed by atoms with Gasteiger partial charge < -0.3 is 14.7 Å². The van der Waals surface area contributed by atoms with Crippen LogP contribution in [0.15, 0.2) is 4.52 Å². The summed E-state index contributed by atoms with van der Waals surface area (Å²) in [5, 5.41) is 6.70. The first kappa shape index (κ1) is 13.1. The van der Waals surface area contributed by atoms with Crippen molar-refractivity contribution < 1.29 is 14.1 Å². The van der Waals surface area contributed by atoms with Crippen molar-refractivity contribution in [3.05, 3.63) is 11.7 Å². The molecule has 1 aliphatic carbocycles. The minimum Gasteiger partial charge on any atom is -0.340 e. The normalized spacial score (nSPS) is 22.1. The lowest BCUT2D eigenvalue weighted by atomic mass is 9.79. The molecule has 1 aromatic heterocycles. The van der Waals surface area contributed by atoms with Gasteiger partial charge in [0.15, 0.2) is 5.82 Å². The molecule has 2 fully saturated rings. The van der Waals surface area contributed by atoms with Crippen molar-refractivity contribution in [2.45, 2.75) is 51.1 Å². The zero-order valence-corrected chi connectivity index (χ0v) is 11.5. The van der Waals surface area contributed by atoms with Gasteiger partial charge in [0.25, 0.3) is 0 Å². The van der Waals surface area contributed by atoms with E-state index < -0.39 is 5.54 Å². The van der Waals surface area contributed by atoms with Crippen molar-refractivity contribution >= 4 is 11.8 Å². The molecule has 20 heavy (non-hydrogen) atoms. The summed E-state index contributed by atoms with van der Waals surface area (Å²) in [6.07, 6.45) is 4.51. The van der Waals surface area contributed by atoms with Crippen molar-refractivity contribution in [3.63, 3.8) is 0 Å². The van der Waals surface area contributed by atoms with Crippen LogP contribution >= 0.6 is 0 Å². The minimum atomic E-state index is -0.702. The van der Waals surface area contributed by atoms with Gasteiger partial charge in [-0.3, -0.25) is 9.59 Å². The van der Waals surface area contributed by atoms with E-state index in [2.05, 4.69) is 15.5 Å². The number of nitrogens with zero attached hydrogens (tertiary/aromatic N) is 3. The van der Waals surface area contributed by atoms with Gasteiger partial charge in [-0.15, -0.1) is 0 Å². The molecule has 1 spiro atoms. The number of amides is 2. The summed E-state index contributed by atoms with van der Waals surface area (Å²) < 4.78 is 4.91. The average Bonchev–Trinajstić information content (AvgIpc) is 2.82. The number of aryl methyl sites for hydroxylation is 1. The maximum atomic E-state index is 12.7. The second-order valence-corrected chi connectivity index (χ2v) is 5.58. The lowest BCUT2D eigenvalue weighted by Crippen LogP contribution is -2.66. The molecule has 0 radical (unpaired) electrons. The Morgan fingerprint density at radius 1 is 1.30 bits per heavy atom. The number of piperazine rings is 1. The first-order valence-electron chi connectivity index (χ1n) is 6.99. The third-order valence-electron chi connectivity index (χ3n) is 4.02. The minimum absolute atomic E-state index is 0.0146. The molecule has 1 saturated carbocycles. The Balaban J connectivity index is 1.80. The molecule has 1 saturated heterocycles. The van der Waals surface area contributed by atoms with Crippen LogP contribution in [0.2, 0.25) is 0 Å². The Morgan fingerprint density at radius 3 is 2.70 bits per heavy atom. The highest BCUT2D eigenvalue weighted by Crippen LogP contribution is 2.32. The summed E-state index contributed by atoms with van der Waals surface area (Å²) in [5.74, 6) is 0.781. The summed E-state index contributed by atoms with van der Waals surface area (Å²) in [6.45, 7) is 1.99. The molecule has 108 valence electrons. The van der Waals surface area contributed by atoms with Gasteiger partial charge in [0.1, 0.15) is 12.1 Å². The van der Waals surface area contributed by atoms with Crippen molar-refractivity contribution in [2.75, 3.05) is 6.54 Å². The molecule has 7 heteroatoms. The third kappa shape index (κ3) is 2.28. The van der Waals surface area contributed by atoms with E-state index in [4.69, 9.17) is 4.52 Å². The fourth-order valence-electron chi connectivity index (χ4n) is 3.11. The lowest BCUT2D eigenvalue weighted by Gasteiger charge is -2.43. The molecule has 0 bridgehead atoms. The van der Waals surface area contributed by atoms with Gasteiger partial charge >= 0.3 is 0 Å². The van der Waals surface area contributed by atoms with Gasteiger partial charge in [-0.25, -0.2) is 0 Å². The Kier molecular flexibility index (Phi) is 3.19. The molecular weight excluding hydrogens is 260 g/mol. The summed E-state index contributed by atoms with van der Waals surface area (Å²) in [7, 11) is 0. The Morgan fingerprint density at radius 2 is 2.05 bits per heavy atom. The van der Waals surface area contributed by atoms with Crippen molar-refractivity contribution in [3.8, 4) is 0 Å². The van der Waals surface area contributed by atoms with Crippen LogP contribution < -0.4 is 5.32 Å². The van der Waals surface area contributed by atoms with E-state index >= 15 is 0 Å². The number of aromatic nitrogens is 2. The highest BCUT2D eigenvalue weighted by Gasteiger charge is 2.47. The van der Waals surface area contributed by atoms with Gasteiger partial charge in [-0.05, 0) is 12.8 Å². The van der Waals surface area contributed by atoms with Crippen LogP contribution in [0.25, 0.3) is 0 Å². The third-order valence-corrected chi connectivity index (χ3v) is 4.02. The fourth-order valence-corrected chi connectivity index (χ4v) is 3.11. The maximum Gasteiger partial charge on any atom is 0.249 e. The molecule has 0 aromatic carbocycles. The Labute approximate surface area is 116 Å². The van der Waals surface area contributed by atoms with Crippen molar-refractivity contribution in [2.24, 2.45) is 0 Å². The fraction of sp³-hybridized carbons (Fsp3) is 0.692. The van der Waals surface area contributed by atoms with E-state index in [1.54, 1.807) is 6.92 Å². The van der Waals surface area contributed by atoms with Crippen LogP contribution in [-0.2, 0) is 16.1 Å². The molecular formula is C13H18N4O3. The average molecular weight is 278 g/mol. The molecule has 0 unspecified atom stereocenters. The van der Waals surface area contributed by atoms with E-state index in [-0.39, 0.29) is 24.9 Å². The highest BCUT2D eigenvalue weighted by molar-refractivity contribution is 5.98. The zero-order chi connectivity index (χ0) is 14.2. The molecule has 0 atom stereocenters.